The molecule has 0 fully saturated rings. The zero-order valence-electron chi connectivity index (χ0n) is 9.04. The van der Waals surface area contributed by atoms with Crippen LogP contribution in [0.25, 0.3) is 0 Å². The zero-order chi connectivity index (χ0) is 14.8. The van der Waals surface area contributed by atoms with E-state index in [9.17, 15) is 26.7 Å². The van der Waals surface area contributed by atoms with Crippen LogP contribution in [0.2, 0.25) is 0 Å². The summed E-state index contributed by atoms with van der Waals surface area (Å²) in [5, 5.41) is 8.76. The van der Waals surface area contributed by atoms with Crippen LogP contribution in [0.1, 0.15) is 28.0 Å². The average Bonchev–Trinajstić information content (AvgIpc) is 2.25. The summed E-state index contributed by atoms with van der Waals surface area (Å²) in [6.07, 6.45) is -8.46. The molecule has 5 nitrogen and oxygen atoms in total. The molecule has 1 aromatic heterocycles. The number of carboxylic acids is 1. The molecule has 0 aromatic carbocycles. The number of nitrogens with zero attached hydrogens (tertiary/aromatic N) is 1. The SMILES string of the molecule is NCc1c(C(=O)O)cc(OC(F)(F)F)nc1C(F)F. The molecule has 1 aromatic rings. The smallest absolute Gasteiger partial charge is 0.478 e. The number of hydrogen-bond acceptors (Lipinski definition) is 4. The summed E-state index contributed by atoms with van der Waals surface area (Å²) in [7, 11) is 0. The molecule has 0 amide bonds. The molecule has 0 spiro atoms. The maximum absolute atomic E-state index is 12.6. The van der Waals surface area contributed by atoms with Crippen LogP contribution in [0.4, 0.5) is 22.0 Å². The summed E-state index contributed by atoms with van der Waals surface area (Å²) in [6, 6.07) is 0.393. The highest BCUT2D eigenvalue weighted by molar-refractivity contribution is 5.90. The third-order valence-corrected chi connectivity index (χ3v) is 1.99. The Morgan fingerprint density at radius 1 is 1.47 bits per heavy atom. The van der Waals surface area contributed by atoms with Gasteiger partial charge in [-0.2, -0.15) is 0 Å². The van der Waals surface area contributed by atoms with E-state index >= 15 is 0 Å². The fourth-order valence-corrected chi connectivity index (χ4v) is 1.32. The molecule has 1 heterocycles. The molecule has 0 saturated carbocycles. The Hall–Kier alpha value is -1.97. The van der Waals surface area contributed by atoms with E-state index in [2.05, 4.69) is 9.72 Å². The van der Waals surface area contributed by atoms with Crippen LogP contribution in [0, 0.1) is 0 Å². The summed E-state index contributed by atoms with van der Waals surface area (Å²) in [4.78, 5) is 13.7. The van der Waals surface area contributed by atoms with E-state index in [4.69, 9.17) is 10.8 Å². The number of carboxylic acid groups (broad SMARTS) is 1. The van der Waals surface area contributed by atoms with E-state index < -0.39 is 48.0 Å². The Balaban J connectivity index is 3.41. The third kappa shape index (κ3) is 3.74. The number of aromatic carboxylic acids is 1. The van der Waals surface area contributed by atoms with Crippen LogP contribution in [0.15, 0.2) is 6.07 Å². The van der Waals surface area contributed by atoms with Gasteiger partial charge in [0.2, 0.25) is 5.88 Å². The van der Waals surface area contributed by atoms with Crippen LogP contribution in [-0.4, -0.2) is 22.4 Å². The van der Waals surface area contributed by atoms with Gasteiger partial charge in [-0.15, -0.1) is 13.2 Å². The number of pyridine rings is 1. The van der Waals surface area contributed by atoms with Crippen molar-refractivity contribution < 1.29 is 36.6 Å². The molecule has 0 unspecified atom stereocenters. The second-order valence-electron chi connectivity index (χ2n) is 3.23. The van der Waals surface area contributed by atoms with Gasteiger partial charge in [0.25, 0.3) is 6.43 Å². The average molecular weight is 286 g/mol. The molecule has 0 saturated heterocycles. The van der Waals surface area contributed by atoms with E-state index in [1.54, 1.807) is 0 Å². The van der Waals surface area contributed by atoms with Crippen LogP contribution >= 0.6 is 0 Å². The molecule has 3 N–H and O–H groups in total. The number of nitrogens with two attached hydrogens (primary N) is 1. The first-order chi connectivity index (χ1) is 8.65. The maximum Gasteiger partial charge on any atom is 0.574 e. The number of ether oxygens (including phenoxy) is 1. The first kappa shape index (κ1) is 15.1. The Morgan fingerprint density at radius 3 is 2.42 bits per heavy atom. The molecule has 1 rings (SSSR count). The van der Waals surface area contributed by atoms with Crippen LogP contribution < -0.4 is 10.5 Å². The summed E-state index contributed by atoms with van der Waals surface area (Å²) in [5.74, 6) is -2.99. The lowest BCUT2D eigenvalue weighted by Crippen LogP contribution is -2.20. The van der Waals surface area contributed by atoms with Crippen molar-refractivity contribution in [3.8, 4) is 5.88 Å². The fourth-order valence-electron chi connectivity index (χ4n) is 1.32. The molecule has 0 aliphatic rings. The third-order valence-electron chi connectivity index (χ3n) is 1.99. The van der Waals surface area contributed by atoms with Gasteiger partial charge in [0.1, 0.15) is 5.69 Å². The van der Waals surface area contributed by atoms with Crippen LogP contribution in [0.3, 0.4) is 0 Å². The maximum atomic E-state index is 12.6. The summed E-state index contributed by atoms with van der Waals surface area (Å²) in [5.41, 5.74) is 2.60. The molecular weight excluding hydrogens is 279 g/mol. The molecule has 0 aliphatic carbocycles. The van der Waals surface area contributed by atoms with E-state index in [1.807, 2.05) is 0 Å². The van der Waals surface area contributed by atoms with Gasteiger partial charge in [-0.25, -0.2) is 18.6 Å². The van der Waals surface area contributed by atoms with Gasteiger partial charge in [-0.1, -0.05) is 0 Å². The minimum absolute atomic E-state index is 0.393. The van der Waals surface area contributed by atoms with E-state index in [-0.39, 0.29) is 0 Å². The molecule has 10 heteroatoms. The van der Waals surface area contributed by atoms with Crippen molar-refractivity contribution in [3.05, 3.63) is 22.9 Å². The summed E-state index contributed by atoms with van der Waals surface area (Å²) >= 11 is 0. The first-order valence-corrected chi connectivity index (χ1v) is 4.66. The standard InChI is InChI=1S/C9H7F5N2O3/c10-7(11)6-4(2-15)3(8(17)18)1-5(16-6)19-9(12,13)14/h1,7H,2,15H2,(H,17,18). The number of rotatable bonds is 4. The molecule has 0 bridgehead atoms. The predicted molar refractivity (Wildman–Crippen MR) is 50.7 cm³/mol. The van der Waals surface area contributed by atoms with Crippen molar-refractivity contribution in [3.63, 3.8) is 0 Å². The molecule has 0 atom stereocenters. The lowest BCUT2D eigenvalue weighted by Gasteiger charge is -2.13. The molecule has 19 heavy (non-hydrogen) atoms. The largest absolute Gasteiger partial charge is 0.574 e. The number of carbonyl (C=O) groups is 1. The summed E-state index contributed by atoms with van der Waals surface area (Å²) < 4.78 is 64.5. The normalized spacial score (nSPS) is 11.7. The second-order valence-corrected chi connectivity index (χ2v) is 3.23. The van der Waals surface area contributed by atoms with Crippen molar-refractivity contribution in [2.75, 3.05) is 0 Å². The van der Waals surface area contributed by atoms with Gasteiger partial charge in [-0.05, 0) is 0 Å². The van der Waals surface area contributed by atoms with Gasteiger partial charge in [0.15, 0.2) is 0 Å². The monoisotopic (exact) mass is 286 g/mol. The topological polar surface area (TPSA) is 85.4 Å². The lowest BCUT2D eigenvalue weighted by molar-refractivity contribution is -0.276. The van der Waals surface area contributed by atoms with E-state index in [0.29, 0.717) is 6.07 Å². The zero-order valence-corrected chi connectivity index (χ0v) is 9.04. The highest BCUT2D eigenvalue weighted by atomic mass is 19.4. The minimum atomic E-state index is -5.17. The number of aromatic nitrogens is 1. The van der Waals surface area contributed by atoms with Crippen LogP contribution in [0.5, 0.6) is 5.88 Å². The van der Waals surface area contributed by atoms with E-state index in [1.165, 1.54) is 0 Å². The molecule has 0 radical (unpaired) electrons. The van der Waals surface area contributed by atoms with Gasteiger partial charge in [-0.3, -0.25) is 0 Å². The molecular formula is C9H7F5N2O3. The van der Waals surface area contributed by atoms with Crippen molar-refractivity contribution in [1.82, 2.24) is 4.98 Å². The van der Waals surface area contributed by atoms with Crippen LogP contribution in [-0.2, 0) is 6.54 Å². The Bertz CT molecular complexity index is 489. The molecule has 106 valence electrons. The van der Waals surface area contributed by atoms with Gasteiger partial charge >= 0.3 is 12.3 Å². The van der Waals surface area contributed by atoms with Crippen molar-refractivity contribution in [2.45, 2.75) is 19.3 Å². The Morgan fingerprint density at radius 2 is 2.05 bits per heavy atom. The number of halogens is 5. The van der Waals surface area contributed by atoms with Gasteiger partial charge < -0.3 is 15.6 Å². The van der Waals surface area contributed by atoms with Gasteiger partial charge in [0, 0.05) is 18.2 Å². The first-order valence-electron chi connectivity index (χ1n) is 4.66. The number of alkyl halides is 5. The fraction of sp³-hybridized carbons (Fsp3) is 0.333. The highest BCUT2D eigenvalue weighted by Crippen LogP contribution is 2.29. The minimum Gasteiger partial charge on any atom is -0.478 e. The van der Waals surface area contributed by atoms with Crippen molar-refractivity contribution in [2.24, 2.45) is 5.73 Å². The van der Waals surface area contributed by atoms with Gasteiger partial charge in [0.05, 0.1) is 5.56 Å². The molecule has 0 aliphatic heterocycles. The quantitative estimate of drug-likeness (QED) is 0.828. The Labute approximate surface area is 102 Å². The predicted octanol–water partition coefficient (Wildman–Crippen LogP) is 2.07. The second kappa shape index (κ2) is 5.34. The Kier molecular flexibility index (Phi) is 4.24. The highest BCUT2D eigenvalue weighted by Gasteiger charge is 2.33. The van der Waals surface area contributed by atoms with E-state index in [0.717, 1.165) is 0 Å². The number of hydrogen-bond donors (Lipinski definition) is 2. The lowest BCUT2D eigenvalue weighted by atomic mass is 10.1. The van der Waals surface area contributed by atoms with Crippen molar-refractivity contribution in [1.29, 1.82) is 0 Å². The van der Waals surface area contributed by atoms with Crippen molar-refractivity contribution >= 4 is 5.97 Å². The summed E-state index contributed by atoms with van der Waals surface area (Å²) in [6.45, 7) is -0.611.